The van der Waals surface area contributed by atoms with Gasteiger partial charge in [0.2, 0.25) is 5.91 Å². The third-order valence-electron chi connectivity index (χ3n) is 4.37. The molecule has 0 aliphatic heterocycles. The molecule has 0 unspecified atom stereocenters. The van der Waals surface area contributed by atoms with E-state index in [1.54, 1.807) is 18.2 Å². The molecule has 1 N–H and O–H groups in total. The van der Waals surface area contributed by atoms with Crippen molar-refractivity contribution in [2.24, 2.45) is 7.05 Å². The third kappa shape index (κ3) is 4.40. The van der Waals surface area contributed by atoms with E-state index in [1.165, 1.54) is 11.8 Å². The molecule has 1 amide bonds. The summed E-state index contributed by atoms with van der Waals surface area (Å²) in [6, 6.07) is 19.1. The van der Waals surface area contributed by atoms with Crippen LogP contribution in [0.5, 0.6) is 0 Å². The Labute approximate surface area is 182 Å². The Balaban J connectivity index is 1.43. The molecule has 4 rings (SSSR count). The fourth-order valence-electron chi connectivity index (χ4n) is 2.94. The predicted molar refractivity (Wildman–Crippen MR) is 120 cm³/mol. The Morgan fingerprint density at radius 1 is 1.03 bits per heavy atom. The molecule has 0 radical (unpaired) electrons. The molecule has 0 spiro atoms. The van der Waals surface area contributed by atoms with Gasteiger partial charge in [-0.2, -0.15) is 0 Å². The lowest BCUT2D eigenvalue weighted by Crippen LogP contribution is -2.14. The van der Waals surface area contributed by atoms with Crippen LogP contribution in [-0.4, -0.2) is 26.4 Å². The second-order valence-corrected chi connectivity index (χ2v) is 8.17. The predicted octanol–water partition coefficient (Wildman–Crippen LogP) is 5.67. The minimum Gasteiger partial charge on any atom is -0.325 e. The van der Waals surface area contributed by atoms with Gasteiger partial charge in [-0.3, -0.25) is 4.79 Å². The zero-order valence-electron chi connectivity index (χ0n) is 15.4. The van der Waals surface area contributed by atoms with Crippen LogP contribution in [0.3, 0.4) is 0 Å². The van der Waals surface area contributed by atoms with Gasteiger partial charge in [-0.1, -0.05) is 65.3 Å². The molecule has 0 atom stereocenters. The van der Waals surface area contributed by atoms with Crippen LogP contribution in [0, 0.1) is 0 Å². The summed E-state index contributed by atoms with van der Waals surface area (Å²) in [5.74, 6) is 0.719. The van der Waals surface area contributed by atoms with Crippen LogP contribution in [0.4, 0.5) is 5.69 Å². The number of hydrogen-bond acceptors (Lipinski definition) is 4. The van der Waals surface area contributed by atoms with Crippen LogP contribution >= 0.6 is 35.0 Å². The number of nitrogens with zero attached hydrogens (tertiary/aromatic N) is 3. The summed E-state index contributed by atoms with van der Waals surface area (Å²) in [6.45, 7) is 0. The molecule has 1 heterocycles. The number of nitrogens with one attached hydrogen (secondary N) is 1. The van der Waals surface area contributed by atoms with Crippen molar-refractivity contribution in [3.05, 3.63) is 70.7 Å². The number of fused-ring (bicyclic) bond motifs is 1. The normalized spacial score (nSPS) is 11.0. The number of benzene rings is 3. The first kappa shape index (κ1) is 19.8. The van der Waals surface area contributed by atoms with Gasteiger partial charge >= 0.3 is 0 Å². The highest BCUT2D eigenvalue weighted by atomic mass is 35.5. The fourth-order valence-corrected chi connectivity index (χ4v) is 4.14. The lowest BCUT2D eigenvalue weighted by atomic mass is 10.1. The van der Waals surface area contributed by atoms with Gasteiger partial charge in [0.25, 0.3) is 0 Å². The molecule has 29 heavy (non-hydrogen) atoms. The van der Waals surface area contributed by atoms with Crippen LogP contribution in [0.2, 0.25) is 10.0 Å². The number of carbonyl (C=O) groups excluding carboxylic acids is 1. The maximum absolute atomic E-state index is 12.4. The molecular formula is C21H16Cl2N4OS. The van der Waals surface area contributed by atoms with E-state index in [0.29, 0.717) is 21.0 Å². The Hall–Kier alpha value is -2.54. The van der Waals surface area contributed by atoms with Crippen LogP contribution in [0.15, 0.2) is 65.8 Å². The summed E-state index contributed by atoms with van der Waals surface area (Å²) < 4.78 is 1.81. The molecule has 4 aromatic rings. The van der Waals surface area contributed by atoms with E-state index in [4.69, 9.17) is 23.2 Å². The molecule has 0 aliphatic rings. The summed E-state index contributed by atoms with van der Waals surface area (Å²) in [4.78, 5) is 12.4. The lowest BCUT2D eigenvalue weighted by Gasteiger charge is -2.07. The summed E-state index contributed by atoms with van der Waals surface area (Å²) in [6.07, 6.45) is 0. The smallest absolute Gasteiger partial charge is 0.234 e. The van der Waals surface area contributed by atoms with Crippen molar-refractivity contribution in [1.82, 2.24) is 14.8 Å². The number of carbonyl (C=O) groups is 1. The second-order valence-electron chi connectivity index (χ2n) is 6.39. The molecule has 0 saturated heterocycles. The third-order valence-corrected chi connectivity index (χ3v) is 5.94. The first-order valence-electron chi connectivity index (χ1n) is 8.77. The Kier molecular flexibility index (Phi) is 5.76. The molecular weight excluding hydrogens is 427 g/mol. The van der Waals surface area contributed by atoms with E-state index in [-0.39, 0.29) is 11.7 Å². The maximum atomic E-state index is 12.4. The SMILES string of the molecule is Cn1c(SCC(=O)Nc2ccc3ccccc3c2)nnc1-c1ccc(Cl)cc1Cl. The van der Waals surface area contributed by atoms with Gasteiger partial charge in [0, 0.05) is 23.3 Å². The average molecular weight is 443 g/mol. The van der Waals surface area contributed by atoms with Gasteiger partial charge in [0.1, 0.15) is 0 Å². The Morgan fingerprint density at radius 2 is 1.83 bits per heavy atom. The number of amides is 1. The first-order chi connectivity index (χ1) is 14.0. The minimum atomic E-state index is -0.112. The topological polar surface area (TPSA) is 59.8 Å². The Bertz CT molecular complexity index is 1210. The minimum absolute atomic E-state index is 0.112. The van der Waals surface area contributed by atoms with Crippen molar-refractivity contribution in [3.63, 3.8) is 0 Å². The number of halogens is 2. The molecule has 0 aliphatic carbocycles. The van der Waals surface area contributed by atoms with E-state index < -0.39 is 0 Å². The van der Waals surface area contributed by atoms with E-state index in [0.717, 1.165) is 22.0 Å². The monoisotopic (exact) mass is 442 g/mol. The zero-order chi connectivity index (χ0) is 20.4. The van der Waals surface area contributed by atoms with Gasteiger partial charge in [0.15, 0.2) is 11.0 Å². The van der Waals surface area contributed by atoms with E-state index in [2.05, 4.69) is 15.5 Å². The summed E-state index contributed by atoms with van der Waals surface area (Å²) in [5.41, 5.74) is 1.50. The molecule has 0 saturated carbocycles. The second kappa shape index (κ2) is 8.45. The highest BCUT2D eigenvalue weighted by Gasteiger charge is 2.15. The summed E-state index contributed by atoms with van der Waals surface area (Å²) >= 11 is 13.5. The van der Waals surface area contributed by atoms with Crippen molar-refractivity contribution in [1.29, 1.82) is 0 Å². The number of anilines is 1. The van der Waals surface area contributed by atoms with Crippen molar-refractivity contribution in [2.45, 2.75) is 5.16 Å². The Morgan fingerprint density at radius 3 is 2.62 bits per heavy atom. The molecule has 0 bridgehead atoms. The van der Waals surface area contributed by atoms with Crippen LogP contribution in [0.1, 0.15) is 0 Å². The van der Waals surface area contributed by atoms with Gasteiger partial charge in [-0.25, -0.2) is 0 Å². The van der Waals surface area contributed by atoms with Crippen LogP contribution < -0.4 is 5.32 Å². The van der Waals surface area contributed by atoms with Crippen molar-refractivity contribution < 1.29 is 4.79 Å². The van der Waals surface area contributed by atoms with Crippen molar-refractivity contribution >= 4 is 57.3 Å². The highest BCUT2D eigenvalue weighted by molar-refractivity contribution is 7.99. The van der Waals surface area contributed by atoms with Crippen molar-refractivity contribution in [3.8, 4) is 11.4 Å². The quantitative estimate of drug-likeness (QED) is 0.404. The maximum Gasteiger partial charge on any atom is 0.234 e. The standard InChI is InChI=1S/C21H16Cl2N4OS/c1-27-20(17-9-7-15(22)11-18(17)23)25-26-21(27)29-12-19(28)24-16-8-6-13-4-2-3-5-14(13)10-16/h2-11H,12H2,1H3,(H,24,28). The van der Waals surface area contributed by atoms with Crippen LogP contribution in [0.25, 0.3) is 22.2 Å². The van der Waals surface area contributed by atoms with E-state index in [1.807, 2.05) is 54.1 Å². The number of aromatic nitrogens is 3. The number of hydrogen-bond donors (Lipinski definition) is 1. The van der Waals surface area contributed by atoms with Gasteiger partial charge in [-0.05, 0) is 41.1 Å². The van der Waals surface area contributed by atoms with Gasteiger partial charge < -0.3 is 9.88 Å². The van der Waals surface area contributed by atoms with Gasteiger partial charge in [-0.15, -0.1) is 10.2 Å². The lowest BCUT2D eigenvalue weighted by molar-refractivity contribution is -0.113. The largest absolute Gasteiger partial charge is 0.325 e. The fraction of sp³-hybridized carbons (Fsp3) is 0.0952. The molecule has 8 heteroatoms. The van der Waals surface area contributed by atoms with Gasteiger partial charge in [0.05, 0.1) is 10.8 Å². The first-order valence-corrected chi connectivity index (χ1v) is 10.5. The van der Waals surface area contributed by atoms with Crippen molar-refractivity contribution in [2.75, 3.05) is 11.1 Å². The number of rotatable bonds is 5. The molecule has 146 valence electrons. The number of thioether (sulfide) groups is 1. The van der Waals surface area contributed by atoms with E-state index in [9.17, 15) is 4.79 Å². The highest BCUT2D eigenvalue weighted by Crippen LogP contribution is 2.30. The molecule has 3 aromatic carbocycles. The molecule has 1 aromatic heterocycles. The summed E-state index contributed by atoms with van der Waals surface area (Å²) in [7, 11) is 1.84. The zero-order valence-corrected chi connectivity index (χ0v) is 17.7. The summed E-state index contributed by atoms with van der Waals surface area (Å²) in [5, 5.41) is 15.2. The average Bonchev–Trinajstić information content (AvgIpc) is 3.06. The van der Waals surface area contributed by atoms with Crippen LogP contribution in [-0.2, 0) is 11.8 Å². The van der Waals surface area contributed by atoms with E-state index >= 15 is 0 Å². The molecule has 5 nitrogen and oxygen atoms in total. The molecule has 0 fully saturated rings.